The summed E-state index contributed by atoms with van der Waals surface area (Å²) < 4.78 is 21.9. The molecule has 2 aliphatic heterocycles. The molecule has 1 saturated carbocycles. The van der Waals surface area contributed by atoms with Crippen LogP contribution >= 0.6 is 0 Å². The Bertz CT molecular complexity index is 1260. The van der Waals surface area contributed by atoms with Gasteiger partial charge >= 0.3 is 0 Å². The number of likely N-dealkylation sites (tertiary alicyclic amines) is 1. The Balaban J connectivity index is 1.08. The fourth-order valence-electron chi connectivity index (χ4n) is 6.49. The molecule has 4 unspecified atom stereocenters. The molecule has 1 aromatic carbocycles. The van der Waals surface area contributed by atoms with Crippen LogP contribution < -0.4 is 20.9 Å². The first-order chi connectivity index (χ1) is 18.1. The van der Waals surface area contributed by atoms with Crippen LogP contribution in [-0.4, -0.2) is 52.5 Å². The highest BCUT2D eigenvalue weighted by Crippen LogP contribution is 2.40. The Morgan fingerprint density at radius 3 is 3.03 bits per heavy atom. The lowest BCUT2D eigenvalue weighted by Gasteiger charge is -2.36. The predicted octanol–water partition coefficient (Wildman–Crippen LogP) is 3.20. The molecule has 1 aliphatic carbocycles. The van der Waals surface area contributed by atoms with Crippen LogP contribution in [0.2, 0.25) is 0 Å². The fraction of sp³-hybridized carbons (Fsp3) is 0.500. The third-order valence-electron chi connectivity index (χ3n) is 8.44. The van der Waals surface area contributed by atoms with Gasteiger partial charge in [0.25, 0.3) is 0 Å². The van der Waals surface area contributed by atoms with Crippen molar-refractivity contribution in [1.29, 1.82) is 0 Å². The maximum Gasteiger partial charge on any atom is 0.223 e. The number of amides is 1. The summed E-state index contributed by atoms with van der Waals surface area (Å²) in [5, 5.41) is 3.34. The number of piperidine rings is 1. The van der Waals surface area contributed by atoms with Gasteiger partial charge in [-0.05, 0) is 68.3 Å². The number of nitrogens with zero attached hydrogens (tertiary/aromatic N) is 3. The van der Waals surface area contributed by atoms with Gasteiger partial charge in [-0.3, -0.25) is 15.1 Å². The quantitative estimate of drug-likeness (QED) is 0.476. The number of halogens is 1. The zero-order valence-corrected chi connectivity index (χ0v) is 21.2. The number of fused-ring (bicyclic) bond motifs is 2. The number of pyridine rings is 1. The van der Waals surface area contributed by atoms with Crippen molar-refractivity contribution in [3.05, 3.63) is 66.0 Å². The summed E-state index contributed by atoms with van der Waals surface area (Å²) in [6, 6.07) is 9.80. The van der Waals surface area contributed by atoms with Crippen LogP contribution in [0, 0.1) is 17.7 Å². The molecule has 3 N–H and O–H groups in total. The first-order valence-electron chi connectivity index (χ1n) is 13.4. The number of imidazole rings is 1. The van der Waals surface area contributed by atoms with E-state index in [-0.39, 0.29) is 29.7 Å². The highest BCUT2D eigenvalue weighted by molar-refractivity contribution is 5.79. The highest BCUT2D eigenvalue weighted by Gasteiger charge is 2.43. The average molecular weight is 507 g/mol. The van der Waals surface area contributed by atoms with Gasteiger partial charge in [0.1, 0.15) is 11.6 Å². The van der Waals surface area contributed by atoms with Crippen molar-refractivity contribution in [2.45, 2.75) is 56.8 Å². The Kier molecular flexibility index (Phi) is 6.84. The van der Waals surface area contributed by atoms with Crippen LogP contribution in [0.4, 0.5) is 4.39 Å². The second-order valence-corrected chi connectivity index (χ2v) is 10.7. The first-order valence-corrected chi connectivity index (χ1v) is 13.4. The fourth-order valence-corrected chi connectivity index (χ4v) is 6.49. The standard InChI is InChI=1S/C28H35FN6O2/c1-37-26-6-2-5-24(29)23(26)16-34-11-3-4-20(15-34)31-28(36)18-8-10-25-22(12-18)27(33-32-25)19-7-9-21-13-30-17-35(21)14-19/h2,5-7,9,13-14,17-18,20,22,25,27,32-33H,3-4,8,10-12,15-16H2,1H3,(H,31,36)/t18?,20-,22?,25?,27?/m1/s1. The molecule has 5 atom stereocenters. The molecule has 9 heteroatoms. The molecule has 4 heterocycles. The van der Waals surface area contributed by atoms with E-state index in [1.54, 1.807) is 19.2 Å². The summed E-state index contributed by atoms with van der Waals surface area (Å²) in [5.41, 5.74) is 9.83. The summed E-state index contributed by atoms with van der Waals surface area (Å²) >= 11 is 0. The van der Waals surface area contributed by atoms with E-state index in [0.29, 0.717) is 29.8 Å². The number of methoxy groups -OCH3 is 1. The summed E-state index contributed by atoms with van der Waals surface area (Å²) in [7, 11) is 1.57. The Labute approximate surface area is 216 Å². The van der Waals surface area contributed by atoms with Crippen LogP contribution in [0.15, 0.2) is 49.1 Å². The van der Waals surface area contributed by atoms with Crippen molar-refractivity contribution in [2.75, 3.05) is 20.2 Å². The molecule has 196 valence electrons. The van der Waals surface area contributed by atoms with Crippen LogP contribution in [0.1, 0.15) is 49.3 Å². The number of hydrogen-bond acceptors (Lipinski definition) is 6. The number of benzene rings is 1. The summed E-state index contributed by atoms with van der Waals surface area (Å²) in [5.74, 6) is 0.835. The van der Waals surface area contributed by atoms with E-state index in [9.17, 15) is 9.18 Å². The summed E-state index contributed by atoms with van der Waals surface area (Å²) in [6.45, 7) is 2.09. The number of hydrazine groups is 1. The molecule has 3 aromatic rings. The molecule has 3 aliphatic rings. The Morgan fingerprint density at radius 1 is 1.22 bits per heavy atom. The molecular weight excluding hydrogens is 471 g/mol. The minimum Gasteiger partial charge on any atom is -0.496 e. The zero-order valence-electron chi connectivity index (χ0n) is 21.2. The maximum atomic E-state index is 14.5. The van der Waals surface area contributed by atoms with Crippen LogP contribution in [-0.2, 0) is 11.3 Å². The maximum absolute atomic E-state index is 14.5. The van der Waals surface area contributed by atoms with Crippen molar-refractivity contribution in [1.82, 2.24) is 30.5 Å². The zero-order chi connectivity index (χ0) is 25.4. The SMILES string of the molecule is COc1cccc(F)c1CN1CCC[C@@H](NC(=O)C2CCC3NNC(c4ccc5cncn5c4)C3C2)C1. The smallest absolute Gasteiger partial charge is 0.223 e. The number of hydrogen-bond donors (Lipinski definition) is 3. The molecule has 1 amide bonds. The van der Waals surface area contributed by atoms with Gasteiger partial charge in [0.15, 0.2) is 0 Å². The summed E-state index contributed by atoms with van der Waals surface area (Å²) in [6.07, 6.45) is 10.5. The number of rotatable bonds is 6. The van der Waals surface area contributed by atoms with E-state index in [2.05, 4.69) is 44.4 Å². The molecule has 0 bridgehead atoms. The van der Waals surface area contributed by atoms with Crippen molar-refractivity contribution in [2.24, 2.45) is 11.8 Å². The van der Waals surface area contributed by atoms with E-state index in [1.165, 1.54) is 11.6 Å². The number of carbonyl (C=O) groups is 1. The van der Waals surface area contributed by atoms with E-state index < -0.39 is 0 Å². The molecule has 3 fully saturated rings. The van der Waals surface area contributed by atoms with Crippen molar-refractivity contribution >= 4 is 11.4 Å². The van der Waals surface area contributed by atoms with Gasteiger partial charge in [-0.25, -0.2) is 14.8 Å². The van der Waals surface area contributed by atoms with E-state index >= 15 is 0 Å². The first kappa shape index (κ1) is 24.3. The van der Waals surface area contributed by atoms with Crippen LogP contribution in [0.25, 0.3) is 5.52 Å². The lowest BCUT2D eigenvalue weighted by Crippen LogP contribution is -2.50. The number of carbonyl (C=O) groups excluding carboxylic acids is 1. The van der Waals surface area contributed by atoms with Crippen molar-refractivity contribution in [3.63, 3.8) is 0 Å². The highest BCUT2D eigenvalue weighted by atomic mass is 19.1. The molecule has 0 radical (unpaired) electrons. The van der Waals surface area contributed by atoms with Gasteiger partial charge in [0.2, 0.25) is 5.91 Å². The van der Waals surface area contributed by atoms with Crippen molar-refractivity contribution < 1.29 is 13.9 Å². The van der Waals surface area contributed by atoms with Crippen molar-refractivity contribution in [3.8, 4) is 5.75 Å². The van der Waals surface area contributed by atoms with Crippen LogP contribution in [0.3, 0.4) is 0 Å². The molecular formula is C28H35FN6O2. The molecule has 2 saturated heterocycles. The van der Waals surface area contributed by atoms with Gasteiger partial charge in [-0.1, -0.05) is 12.1 Å². The molecule has 8 nitrogen and oxygen atoms in total. The second-order valence-electron chi connectivity index (χ2n) is 10.7. The molecule has 6 rings (SSSR count). The third kappa shape index (κ3) is 4.95. The molecule has 2 aromatic heterocycles. The van der Waals surface area contributed by atoms with E-state index in [4.69, 9.17) is 4.74 Å². The van der Waals surface area contributed by atoms with Gasteiger partial charge in [-0.15, -0.1) is 0 Å². The lowest BCUT2D eigenvalue weighted by molar-refractivity contribution is -0.127. The topological polar surface area (TPSA) is 82.9 Å². The minimum atomic E-state index is -0.247. The number of aromatic nitrogens is 2. The van der Waals surface area contributed by atoms with E-state index in [1.807, 2.05) is 16.9 Å². The molecule has 37 heavy (non-hydrogen) atoms. The summed E-state index contributed by atoms with van der Waals surface area (Å²) in [4.78, 5) is 19.8. The number of ether oxygens (including phenoxy) is 1. The normalized spacial score (nSPS) is 28.2. The van der Waals surface area contributed by atoms with E-state index in [0.717, 1.165) is 50.7 Å². The monoisotopic (exact) mass is 506 g/mol. The average Bonchev–Trinajstić information content (AvgIpc) is 3.56. The largest absolute Gasteiger partial charge is 0.496 e. The predicted molar refractivity (Wildman–Crippen MR) is 138 cm³/mol. The Hall–Kier alpha value is -3.01. The minimum absolute atomic E-state index is 0.00413. The Morgan fingerprint density at radius 2 is 2.14 bits per heavy atom. The van der Waals surface area contributed by atoms with Gasteiger partial charge in [0.05, 0.1) is 31.2 Å². The van der Waals surface area contributed by atoms with Crippen LogP contribution in [0.5, 0.6) is 5.75 Å². The lowest BCUT2D eigenvalue weighted by atomic mass is 9.74. The third-order valence-corrected chi connectivity index (χ3v) is 8.44. The van der Waals surface area contributed by atoms with Gasteiger partial charge < -0.3 is 14.5 Å². The second kappa shape index (κ2) is 10.4. The van der Waals surface area contributed by atoms with Gasteiger partial charge in [0, 0.05) is 42.9 Å². The number of nitrogens with one attached hydrogen (secondary N) is 3. The van der Waals surface area contributed by atoms with Gasteiger partial charge in [-0.2, -0.15) is 0 Å². The molecule has 0 spiro atoms.